The Labute approximate surface area is 95.8 Å². The highest BCUT2D eigenvalue weighted by atomic mass is 16.4. The van der Waals surface area contributed by atoms with Crippen molar-refractivity contribution in [2.24, 2.45) is 17.8 Å². The molecule has 0 aromatic rings. The summed E-state index contributed by atoms with van der Waals surface area (Å²) in [5, 5.41) is 27.7. The molecule has 4 nitrogen and oxygen atoms in total. The van der Waals surface area contributed by atoms with Gasteiger partial charge in [0.15, 0.2) is 0 Å². The Hall–Kier alpha value is -0.545. The lowest BCUT2D eigenvalue weighted by Crippen LogP contribution is -2.39. The van der Waals surface area contributed by atoms with Crippen LogP contribution in [0.5, 0.6) is 0 Å². The van der Waals surface area contributed by atoms with Gasteiger partial charge < -0.3 is 15.2 Å². The predicted molar refractivity (Wildman–Crippen MR) is 59.7 cm³/mol. The summed E-state index contributed by atoms with van der Waals surface area (Å²) in [4.78, 5) is 10.9. The van der Waals surface area contributed by atoms with E-state index < -0.39 is 13.1 Å². The van der Waals surface area contributed by atoms with Crippen LogP contribution < -0.4 is 0 Å². The first-order valence-electron chi connectivity index (χ1n) is 6.18. The van der Waals surface area contributed by atoms with E-state index in [9.17, 15) is 14.8 Å². The molecule has 2 rings (SSSR count). The molecule has 2 aliphatic rings. The van der Waals surface area contributed by atoms with E-state index in [0.717, 1.165) is 32.1 Å². The first-order valence-corrected chi connectivity index (χ1v) is 6.18. The van der Waals surface area contributed by atoms with Crippen molar-refractivity contribution in [1.82, 2.24) is 0 Å². The molecule has 16 heavy (non-hydrogen) atoms. The molecule has 4 atom stereocenters. The monoisotopic (exact) mass is 226 g/mol. The number of fused-ring (bicyclic) bond motifs is 1. The number of rotatable bonds is 2. The topological polar surface area (TPSA) is 77.8 Å². The Morgan fingerprint density at radius 3 is 2.50 bits per heavy atom. The average Bonchev–Trinajstić information content (AvgIpc) is 2.27. The molecule has 0 radical (unpaired) electrons. The van der Waals surface area contributed by atoms with Crippen molar-refractivity contribution in [3.8, 4) is 0 Å². The minimum absolute atomic E-state index is 0.0338. The molecule has 0 spiro atoms. The van der Waals surface area contributed by atoms with Gasteiger partial charge in [0, 0.05) is 0 Å². The molecule has 0 aromatic carbocycles. The summed E-state index contributed by atoms with van der Waals surface area (Å²) in [5.74, 6) is -0.228. The van der Waals surface area contributed by atoms with Crippen LogP contribution in [-0.2, 0) is 4.79 Å². The van der Waals surface area contributed by atoms with Crippen molar-refractivity contribution in [3.05, 3.63) is 0 Å². The van der Waals surface area contributed by atoms with Crippen molar-refractivity contribution >= 4 is 13.1 Å². The van der Waals surface area contributed by atoms with Gasteiger partial charge in [0.2, 0.25) is 0 Å². The summed E-state index contributed by atoms with van der Waals surface area (Å²) >= 11 is 0. The maximum absolute atomic E-state index is 10.9. The first-order chi connectivity index (χ1) is 7.59. The molecule has 5 heteroatoms. The van der Waals surface area contributed by atoms with Crippen LogP contribution in [0, 0.1) is 17.8 Å². The van der Waals surface area contributed by atoms with Crippen LogP contribution in [0.3, 0.4) is 0 Å². The molecular formula is C11H19BO4. The van der Waals surface area contributed by atoms with Crippen molar-refractivity contribution in [2.75, 3.05) is 0 Å². The lowest BCUT2D eigenvalue weighted by Gasteiger charge is -2.42. The van der Waals surface area contributed by atoms with Gasteiger partial charge in [-0.15, -0.1) is 0 Å². The standard InChI is InChI=1S/C11H19BO4/c13-11(14)8-4-5-9-7(6-8)2-1-3-10(9)12(15)16/h7-10,15-16H,1-6H2,(H,13,14). The molecule has 2 aliphatic carbocycles. The molecule has 0 saturated heterocycles. The minimum Gasteiger partial charge on any atom is -0.481 e. The Balaban J connectivity index is 2.02. The number of aliphatic carboxylic acids is 1. The zero-order valence-electron chi connectivity index (χ0n) is 9.38. The summed E-state index contributed by atoms with van der Waals surface area (Å²) in [6, 6.07) is 0. The fourth-order valence-electron chi connectivity index (χ4n) is 3.61. The third kappa shape index (κ3) is 2.25. The van der Waals surface area contributed by atoms with Crippen LogP contribution in [0.1, 0.15) is 38.5 Å². The number of carboxylic acid groups (broad SMARTS) is 1. The Bertz CT molecular complexity index is 269. The van der Waals surface area contributed by atoms with E-state index in [4.69, 9.17) is 5.11 Å². The van der Waals surface area contributed by atoms with E-state index in [2.05, 4.69) is 0 Å². The molecule has 4 unspecified atom stereocenters. The summed E-state index contributed by atoms with van der Waals surface area (Å²) in [6.45, 7) is 0. The van der Waals surface area contributed by atoms with Gasteiger partial charge in [0.1, 0.15) is 0 Å². The SMILES string of the molecule is O=C(O)C1CCC2C(CCCC2B(O)O)C1. The van der Waals surface area contributed by atoms with E-state index in [1.807, 2.05) is 0 Å². The van der Waals surface area contributed by atoms with E-state index in [1.54, 1.807) is 0 Å². The molecule has 2 saturated carbocycles. The van der Waals surface area contributed by atoms with E-state index in [-0.39, 0.29) is 11.7 Å². The van der Waals surface area contributed by atoms with Gasteiger partial charge >= 0.3 is 13.1 Å². The van der Waals surface area contributed by atoms with Crippen molar-refractivity contribution in [1.29, 1.82) is 0 Å². The van der Waals surface area contributed by atoms with E-state index in [1.165, 1.54) is 0 Å². The summed E-state index contributed by atoms with van der Waals surface area (Å²) in [5.41, 5.74) is 0. The number of hydrogen-bond donors (Lipinski definition) is 3. The Morgan fingerprint density at radius 2 is 1.88 bits per heavy atom. The van der Waals surface area contributed by atoms with Crippen LogP contribution in [0.15, 0.2) is 0 Å². The fraction of sp³-hybridized carbons (Fsp3) is 0.909. The summed E-state index contributed by atoms with van der Waals surface area (Å²) in [6.07, 6.45) is 5.18. The van der Waals surface area contributed by atoms with Crippen molar-refractivity contribution in [2.45, 2.75) is 44.3 Å². The van der Waals surface area contributed by atoms with Crippen LogP contribution in [0.4, 0.5) is 0 Å². The van der Waals surface area contributed by atoms with Crippen LogP contribution in [0.25, 0.3) is 0 Å². The zero-order chi connectivity index (χ0) is 11.7. The summed E-state index contributed by atoms with van der Waals surface area (Å²) < 4.78 is 0. The summed E-state index contributed by atoms with van der Waals surface area (Å²) in [7, 11) is -1.23. The lowest BCUT2D eigenvalue weighted by molar-refractivity contribution is -0.144. The molecule has 0 amide bonds. The van der Waals surface area contributed by atoms with E-state index >= 15 is 0 Å². The van der Waals surface area contributed by atoms with E-state index in [0.29, 0.717) is 18.3 Å². The molecule has 90 valence electrons. The number of carboxylic acids is 1. The Kier molecular flexibility index (Phi) is 3.55. The number of hydrogen-bond acceptors (Lipinski definition) is 3. The van der Waals surface area contributed by atoms with Crippen LogP contribution in [-0.4, -0.2) is 28.2 Å². The van der Waals surface area contributed by atoms with Gasteiger partial charge in [0.25, 0.3) is 0 Å². The minimum atomic E-state index is -1.23. The highest BCUT2D eigenvalue weighted by Gasteiger charge is 2.43. The number of carbonyl (C=O) groups is 1. The van der Waals surface area contributed by atoms with Crippen LogP contribution in [0.2, 0.25) is 5.82 Å². The van der Waals surface area contributed by atoms with Gasteiger partial charge in [-0.25, -0.2) is 0 Å². The molecular weight excluding hydrogens is 207 g/mol. The zero-order valence-corrected chi connectivity index (χ0v) is 9.38. The lowest BCUT2D eigenvalue weighted by atomic mass is 9.52. The van der Waals surface area contributed by atoms with Gasteiger partial charge in [0.05, 0.1) is 5.92 Å². The normalized spacial score (nSPS) is 38.9. The van der Waals surface area contributed by atoms with Gasteiger partial charge in [-0.3, -0.25) is 4.79 Å². The average molecular weight is 226 g/mol. The predicted octanol–water partition coefficient (Wildman–Crippen LogP) is 1.13. The molecule has 0 aromatic heterocycles. The van der Waals surface area contributed by atoms with Crippen molar-refractivity contribution in [3.63, 3.8) is 0 Å². The Morgan fingerprint density at radius 1 is 1.12 bits per heavy atom. The second kappa shape index (κ2) is 4.76. The van der Waals surface area contributed by atoms with Crippen LogP contribution >= 0.6 is 0 Å². The maximum Gasteiger partial charge on any atom is 0.455 e. The highest BCUT2D eigenvalue weighted by Crippen LogP contribution is 2.48. The molecule has 2 fully saturated rings. The quantitative estimate of drug-likeness (QED) is 0.617. The smallest absolute Gasteiger partial charge is 0.455 e. The molecule has 3 N–H and O–H groups in total. The third-order valence-corrected chi connectivity index (χ3v) is 4.44. The van der Waals surface area contributed by atoms with Gasteiger partial charge in [-0.05, 0) is 36.9 Å². The third-order valence-electron chi connectivity index (χ3n) is 4.44. The maximum atomic E-state index is 10.9. The van der Waals surface area contributed by atoms with Gasteiger partial charge in [-0.1, -0.05) is 19.3 Å². The molecule has 0 bridgehead atoms. The second-order valence-corrected chi connectivity index (χ2v) is 5.28. The largest absolute Gasteiger partial charge is 0.481 e. The molecule has 0 aliphatic heterocycles. The fourth-order valence-corrected chi connectivity index (χ4v) is 3.61. The van der Waals surface area contributed by atoms with Crippen molar-refractivity contribution < 1.29 is 19.9 Å². The first kappa shape index (κ1) is 11.9. The second-order valence-electron chi connectivity index (χ2n) is 5.28. The molecule has 0 heterocycles. The van der Waals surface area contributed by atoms with Gasteiger partial charge in [-0.2, -0.15) is 0 Å². The highest BCUT2D eigenvalue weighted by molar-refractivity contribution is 6.43.